The van der Waals surface area contributed by atoms with E-state index in [-0.39, 0.29) is 12.4 Å². The number of rotatable bonds is 3. The minimum Gasteiger partial charge on any atom is -0.508 e. The van der Waals surface area contributed by atoms with Crippen LogP contribution in [0.2, 0.25) is 0 Å². The van der Waals surface area contributed by atoms with Gasteiger partial charge in [0.1, 0.15) is 5.75 Å². The van der Waals surface area contributed by atoms with Crippen molar-refractivity contribution in [3.8, 4) is 5.75 Å². The molecule has 4 heteroatoms. The molecule has 1 aliphatic rings. The molecule has 0 atom stereocenters. The van der Waals surface area contributed by atoms with Crippen LogP contribution in [-0.4, -0.2) is 36.4 Å². The number of thioether (sulfide) groups is 1. The van der Waals surface area contributed by atoms with Crippen LogP contribution in [0.4, 0.5) is 0 Å². The lowest BCUT2D eigenvalue weighted by Crippen LogP contribution is -2.19. The Labute approximate surface area is 164 Å². The van der Waals surface area contributed by atoms with E-state index < -0.39 is 0 Å². The molecule has 3 aromatic carbocycles. The first-order chi connectivity index (χ1) is 12.1. The van der Waals surface area contributed by atoms with E-state index in [1.807, 2.05) is 23.9 Å². The highest BCUT2D eigenvalue weighted by molar-refractivity contribution is 7.99. The second-order valence-corrected chi connectivity index (χ2v) is 7.70. The molecule has 2 nitrogen and oxygen atoms in total. The molecule has 0 unspecified atom stereocenters. The predicted octanol–water partition coefficient (Wildman–Crippen LogP) is 5.44. The number of nitrogens with zero attached hydrogens (tertiary/aromatic N) is 1. The maximum Gasteiger partial charge on any atom is 0.116 e. The van der Waals surface area contributed by atoms with E-state index in [4.69, 9.17) is 0 Å². The number of hydrogen-bond acceptors (Lipinski definition) is 3. The van der Waals surface area contributed by atoms with Gasteiger partial charge in [-0.3, -0.25) is 0 Å². The van der Waals surface area contributed by atoms with E-state index in [9.17, 15) is 5.11 Å². The van der Waals surface area contributed by atoms with Gasteiger partial charge in [-0.25, -0.2) is 0 Å². The summed E-state index contributed by atoms with van der Waals surface area (Å²) in [4.78, 5) is 3.56. The molecule has 0 saturated carbocycles. The summed E-state index contributed by atoms with van der Waals surface area (Å²) in [5.41, 5.74) is 5.04. The molecule has 0 aliphatic carbocycles. The highest BCUT2D eigenvalue weighted by atomic mass is 35.5. The maximum absolute atomic E-state index is 9.99. The molecule has 0 saturated heterocycles. The first-order valence-corrected chi connectivity index (χ1v) is 9.43. The van der Waals surface area contributed by atoms with E-state index in [1.54, 1.807) is 6.07 Å². The van der Waals surface area contributed by atoms with Crippen molar-refractivity contribution in [2.75, 3.05) is 26.4 Å². The monoisotopic (exact) mass is 383 g/mol. The topological polar surface area (TPSA) is 23.5 Å². The number of likely N-dealkylation sites (N-methyl/N-ethyl adjacent to an activating group) is 1. The van der Waals surface area contributed by atoms with Crippen LogP contribution >= 0.6 is 24.2 Å². The Bertz CT molecular complexity index is 981. The molecule has 0 bridgehead atoms. The molecule has 134 valence electrons. The smallest absolute Gasteiger partial charge is 0.116 e. The number of aromatic hydroxyl groups is 1. The van der Waals surface area contributed by atoms with Crippen LogP contribution in [0, 0.1) is 0 Å². The molecule has 0 spiro atoms. The highest BCUT2D eigenvalue weighted by Crippen LogP contribution is 2.44. The molecule has 0 radical (unpaired) electrons. The Kier molecular flexibility index (Phi) is 5.61. The van der Waals surface area contributed by atoms with E-state index in [1.165, 1.54) is 32.4 Å². The van der Waals surface area contributed by atoms with Gasteiger partial charge < -0.3 is 10.0 Å². The molecule has 0 amide bonds. The van der Waals surface area contributed by atoms with Gasteiger partial charge in [-0.15, -0.1) is 24.2 Å². The number of benzene rings is 3. The minimum atomic E-state index is 0. The summed E-state index contributed by atoms with van der Waals surface area (Å²) in [6, 6.07) is 20.6. The largest absolute Gasteiger partial charge is 0.508 e. The number of halogens is 1. The summed E-state index contributed by atoms with van der Waals surface area (Å²) in [7, 11) is 4.21. The summed E-state index contributed by atoms with van der Waals surface area (Å²) < 4.78 is 0. The molecule has 0 fully saturated rings. The summed E-state index contributed by atoms with van der Waals surface area (Å²) in [6.07, 6.45) is 0. The molecule has 1 aliphatic heterocycles. The predicted molar refractivity (Wildman–Crippen MR) is 115 cm³/mol. The zero-order chi connectivity index (χ0) is 17.4. The Morgan fingerprint density at radius 3 is 2.58 bits per heavy atom. The van der Waals surface area contributed by atoms with Crippen molar-refractivity contribution in [2.24, 2.45) is 0 Å². The minimum absolute atomic E-state index is 0. The van der Waals surface area contributed by atoms with Gasteiger partial charge in [0, 0.05) is 17.2 Å². The van der Waals surface area contributed by atoms with Gasteiger partial charge in [0.2, 0.25) is 0 Å². The first kappa shape index (κ1) is 18.8. The Hall–Kier alpha value is -1.94. The van der Waals surface area contributed by atoms with Gasteiger partial charge in [-0.2, -0.15) is 0 Å². The molecule has 3 aromatic rings. The van der Waals surface area contributed by atoms with E-state index >= 15 is 0 Å². The second-order valence-electron chi connectivity index (χ2n) is 6.72. The van der Waals surface area contributed by atoms with Crippen LogP contribution in [0.1, 0.15) is 11.1 Å². The van der Waals surface area contributed by atoms with Gasteiger partial charge in [0.05, 0.1) is 0 Å². The average Bonchev–Trinajstić information content (AvgIpc) is 2.60. The summed E-state index contributed by atoms with van der Waals surface area (Å²) in [5.74, 6) is 1.29. The first-order valence-electron chi connectivity index (χ1n) is 8.44. The maximum atomic E-state index is 9.99. The molecule has 1 heterocycles. The fraction of sp³-hybridized carbons (Fsp3) is 0.182. The van der Waals surface area contributed by atoms with Crippen molar-refractivity contribution in [3.63, 3.8) is 0 Å². The fourth-order valence-electron chi connectivity index (χ4n) is 3.54. The van der Waals surface area contributed by atoms with Gasteiger partial charge >= 0.3 is 0 Å². The Morgan fingerprint density at radius 1 is 1.00 bits per heavy atom. The Morgan fingerprint density at radius 2 is 1.81 bits per heavy atom. The zero-order valence-corrected chi connectivity index (χ0v) is 16.5. The van der Waals surface area contributed by atoms with Crippen LogP contribution < -0.4 is 0 Å². The molecule has 0 aromatic heterocycles. The van der Waals surface area contributed by atoms with Gasteiger partial charge in [-0.1, -0.05) is 48.5 Å². The molecule has 26 heavy (non-hydrogen) atoms. The number of fused-ring (bicyclic) bond motifs is 3. The van der Waals surface area contributed by atoms with Gasteiger partial charge in [0.15, 0.2) is 0 Å². The molecule has 4 rings (SSSR count). The molecular formula is C22H22ClNOS. The van der Waals surface area contributed by atoms with Crippen LogP contribution in [0.3, 0.4) is 0 Å². The van der Waals surface area contributed by atoms with Crippen molar-refractivity contribution >= 4 is 40.5 Å². The average molecular weight is 384 g/mol. The number of hydrogen-bond donors (Lipinski definition) is 1. The van der Waals surface area contributed by atoms with Crippen molar-refractivity contribution in [2.45, 2.75) is 4.90 Å². The third kappa shape index (κ3) is 3.48. The third-order valence-electron chi connectivity index (χ3n) is 4.54. The van der Waals surface area contributed by atoms with Gasteiger partial charge in [-0.05, 0) is 59.3 Å². The van der Waals surface area contributed by atoms with E-state index in [0.717, 1.165) is 17.9 Å². The normalized spacial score (nSPS) is 13.7. The van der Waals surface area contributed by atoms with E-state index in [2.05, 4.69) is 61.5 Å². The molecular weight excluding hydrogens is 362 g/mol. The van der Waals surface area contributed by atoms with Crippen LogP contribution in [0.15, 0.2) is 71.1 Å². The van der Waals surface area contributed by atoms with Crippen molar-refractivity contribution in [3.05, 3.63) is 77.4 Å². The third-order valence-corrected chi connectivity index (χ3v) is 5.76. The van der Waals surface area contributed by atoms with Crippen LogP contribution in [0.25, 0.3) is 16.3 Å². The second kappa shape index (κ2) is 7.75. The molecule has 1 N–H and O–H groups in total. The number of phenols is 1. The van der Waals surface area contributed by atoms with Crippen molar-refractivity contribution < 1.29 is 5.11 Å². The lowest BCUT2D eigenvalue weighted by atomic mass is 9.91. The number of phenolic OH excluding ortho intramolecular Hbond substituents is 1. The quantitative estimate of drug-likeness (QED) is 0.651. The SMILES string of the molecule is CN(C)CC1=C(c2cccc(O)c2)c2ccc3ccccc3c2SC1.Cl. The van der Waals surface area contributed by atoms with Crippen molar-refractivity contribution in [1.29, 1.82) is 0 Å². The summed E-state index contributed by atoms with van der Waals surface area (Å²) in [5, 5.41) is 12.6. The summed E-state index contributed by atoms with van der Waals surface area (Å²) in [6.45, 7) is 0.921. The van der Waals surface area contributed by atoms with Crippen LogP contribution in [-0.2, 0) is 0 Å². The van der Waals surface area contributed by atoms with Gasteiger partial charge in [0.25, 0.3) is 0 Å². The lowest BCUT2D eigenvalue weighted by Gasteiger charge is -2.26. The summed E-state index contributed by atoms with van der Waals surface area (Å²) >= 11 is 1.92. The standard InChI is InChI=1S/C22H21NOS.ClH/c1-23(2)13-17-14-25-22-19-9-4-3-6-15(19)10-11-20(22)21(17)16-7-5-8-18(24)12-16;/h3-12,24H,13-14H2,1-2H3;1H. The zero-order valence-electron chi connectivity index (χ0n) is 14.9. The van der Waals surface area contributed by atoms with Crippen LogP contribution in [0.5, 0.6) is 5.75 Å². The fourth-order valence-corrected chi connectivity index (χ4v) is 4.77. The Balaban J connectivity index is 0.00000196. The lowest BCUT2D eigenvalue weighted by molar-refractivity contribution is 0.446. The van der Waals surface area contributed by atoms with Crippen molar-refractivity contribution in [1.82, 2.24) is 4.90 Å². The van der Waals surface area contributed by atoms with E-state index in [0.29, 0.717) is 5.75 Å². The highest BCUT2D eigenvalue weighted by Gasteiger charge is 2.23.